The van der Waals surface area contributed by atoms with E-state index in [-0.39, 0.29) is 10.4 Å². The Labute approximate surface area is 166 Å². The number of rotatable bonds is 8. The number of hydrogen-bond acceptors (Lipinski definition) is 6. The van der Waals surface area contributed by atoms with E-state index in [2.05, 4.69) is 4.72 Å². The van der Waals surface area contributed by atoms with Crippen molar-refractivity contribution in [1.29, 1.82) is 0 Å². The highest BCUT2D eigenvalue weighted by Gasteiger charge is 2.29. The molecule has 9 heteroatoms. The molecule has 0 atom stereocenters. The molecule has 0 bridgehead atoms. The van der Waals surface area contributed by atoms with Crippen LogP contribution in [-0.2, 0) is 10.0 Å². The quantitative estimate of drug-likeness (QED) is 0.564. The smallest absolute Gasteiger partial charge is 0.362 e. The normalized spacial score (nSPS) is 12.4. The lowest BCUT2D eigenvalue weighted by Gasteiger charge is -2.17. The van der Waals surface area contributed by atoms with Crippen molar-refractivity contribution in [2.45, 2.75) is 24.3 Å². The molecule has 0 saturated heterocycles. The number of methoxy groups -OCH3 is 2. The van der Waals surface area contributed by atoms with E-state index in [1.165, 1.54) is 38.1 Å². The van der Waals surface area contributed by atoms with Gasteiger partial charge in [0.25, 0.3) is 10.0 Å². The molecule has 0 amide bonds. The van der Waals surface area contributed by atoms with Crippen LogP contribution in [0.3, 0.4) is 0 Å². The maximum absolute atomic E-state index is 12.6. The summed E-state index contributed by atoms with van der Waals surface area (Å²) < 4.78 is 38.0. The summed E-state index contributed by atoms with van der Waals surface area (Å²) in [5.74, 6) is 0.753. The number of sulfonamides is 1. The first-order valence-corrected chi connectivity index (χ1v) is 12.1. The number of hydrogen-bond donors (Lipinski definition) is 3. The minimum absolute atomic E-state index is 0.0439. The van der Waals surface area contributed by atoms with Gasteiger partial charge in [-0.3, -0.25) is 4.72 Å². The zero-order valence-electron chi connectivity index (χ0n) is 16.2. The summed E-state index contributed by atoms with van der Waals surface area (Å²) in [5, 5.41) is 0. The van der Waals surface area contributed by atoms with Crippen LogP contribution in [0.5, 0.6) is 11.5 Å². The van der Waals surface area contributed by atoms with E-state index >= 15 is 0 Å². The Morgan fingerprint density at radius 3 is 2.14 bits per heavy atom. The minimum Gasteiger partial charge on any atom is -0.493 e. The molecular formula is C19H25NO6SSi. The third-order valence-corrected chi connectivity index (χ3v) is 7.93. The number of ether oxygens (including phenoxy) is 2. The van der Waals surface area contributed by atoms with Gasteiger partial charge in [-0.25, -0.2) is 8.42 Å². The van der Waals surface area contributed by atoms with Gasteiger partial charge in [-0.05, 0) is 35.5 Å². The monoisotopic (exact) mass is 423 g/mol. The number of anilines is 1. The minimum atomic E-state index is -3.81. The standard InChI is InChI=1S/C19H25NO6SSi/c1-14(2)28(23,24)12-11-15-5-7-16(8-6-15)20-27(21,22)17-9-10-18(25-3)19(13-17)26-4/h5-14,20,23-24H,1-4H3/b12-11+. The predicted molar refractivity (Wildman–Crippen MR) is 111 cm³/mol. The molecule has 3 N–H and O–H groups in total. The molecule has 0 spiro atoms. The summed E-state index contributed by atoms with van der Waals surface area (Å²) in [4.78, 5) is 20.0. The first-order valence-electron chi connectivity index (χ1n) is 8.58. The van der Waals surface area contributed by atoms with E-state index < -0.39 is 18.6 Å². The van der Waals surface area contributed by atoms with Crippen molar-refractivity contribution in [3.63, 3.8) is 0 Å². The van der Waals surface area contributed by atoms with Crippen LogP contribution in [0.25, 0.3) is 6.08 Å². The van der Waals surface area contributed by atoms with Gasteiger partial charge in [-0.1, -0.05) is 32.1 Å². The fourth-order valence-corrected chi connectivity index (χ4v) is 4.17. The van der Waals surface area contributed by atoms with E-state index in [1.54, 1.807) is 44.2 Å². The third-order valence-electron chi connectivity index (χ3n) is 4.20. The van der Waals surface area contributed by atoms with Crippen molar-refractivity contribution in [2.75, 3.05) is 18.9 Å². The molecule has 2 rings (SSSR count). The van der Waals surface area contributed by atoms with Gasteiger partial charge in [0.15, 0.2) is 11.5 Å². The average Bonchev–Trinajstić information content (AvgIpc) is 2.66. The van der Waals surface area contributed by atoms with Crippen molar-refractivity contribution >= 4 is 30.3 Å². The van der Waals surface area contributed by atoms with Gasteiger partial charge in [0.05, 0.1) is 19.1 Å². The zero-order valence-corrected chi connectivity index (χ0v) is 18.0. The predicted octanol–water partition coefficient (Wildman–Crippen LogP) is 2.89. The van der Waals surface area contributed by atoms with Crippen LogP contribution in [0, 0.1) is 0 Å². The fraction of sp³-hybridized carbons (Fsp3) is 0.263. The largest absolute Gasteiger partial charge is 0.493 e. The van der Waals surface area contributed by atoms with Crippen LogP contribution in [0.2, 0.25) is 5.54 Å². The zero-order chi connectivity index (χ0) is 20.9. The van der Waals surface area contributed by atoms with E-state index in [0.717, 1.165) is 5.56 Å². The average molecular weight is 424 g/mol. The lowest BCUT2D eigenvalue weighted by atomic mass is 10.2. The molecule has 7 nitrogen and oxygen atoms in total. The van der Waals surface area contributed by atoms with Gasteiger partial charge in [0.2, 0.25) is 0 Å². The molecule has 2 aromatic rings. The van der Waals surface area contributed by atoms with Gasteiger partial charge in [0, 0.05) is 17.3 Å². The van der Waals surface area contributed by atoms with Gasteiger partial charge in [-0.2, -0.15) is 0 Å². The van der Waals surface area contributed by atoms with Crippen molar-refractivity contribution in [3.05, 3.63) is 53.7 Å². The van der Waals surface area contributed by atoms with Crippen LogP contribution in [0.1, 0.15) is 19.4 Å². The first-order chi connectivity index (χ1) is 13.1. The van der Waals surface area contributed by atoms with Gasteiger partial charge >= 0.3 is 8.56 Å². The molecule has 0 unspecified atom stereocenters. The molecule has 0 aliphatic rings. The highest BCUT2D eigenvalue weighted by Crippen LogP contribution is 2.30. The summed E-state index contributed by atoms with van der Waals surface area (Å²) in [6.07, 6.45) is 1.62. The highest BCUT2D eigenvalue weighted by molar-refractivity contribution is 7.92. The van der Waals surface area contributed by atoms with E-state index in [4.69, 9.17) is 9.47 Å². The Balaban J connectivity index is 2.18. The molecule has 0 heterocycles. The van der Waals surface area contributed by atoms with Crippen LogP contribution in [0.4, 0.5) is 5.69 Å². The molecule has 0 aliphatic heterocycles. The number of benzene rings is 2. The van der Waals surface area contributed by atoms with Crippen LogP contribution in [-0.4, -0.2) is 40.8 Å². The molecule has 0 aliphatic carbocycles. The second kappa shape index (κ2) is 8.78. The molecule has 0 radical (unpaired) electrons. The van der Waals surface area contributed by atoms with E-state index in [1.807, 2.05) is 0 Å². The lowest BCUT2D eigenvalue weighted by molar-refractivity contribution is 0.354. The summed E-state index contributed by atoms with van der Waals surface area (Å²) in [5.41, 5.74) is 2.32. The summed E-state index contributed by atoms with van der Waals surface area (Å²) in [7, 11) is -4.29. The Morgan fingerprint density at radius 2 is 1.61 bits per heavy atom. The van der Waals surface area contributed by atoms with Gasteiger partial charge in [-0.15, -0.1) is 0 Å². The Bertz CT molecular complexity index is 939. The van der Waals surface area contributed by atoms with E-state index in [9.17, 15) is 18.0 Å². The van der Waals surface area contributed by atoms with Crippen molar-refractivity contribution in [3.8, 4) is 11.5 Å². The first kappa shape index (κ1) is 22.0. The number of nitrogens with one attached hydrogen (secondary N) is 1. The molecule has 0 saturated carbocycles. The molecule has 0 aromatic heterocycles. The summed E-state index contributed by atoms with van der Waals surface area (Å²) in [6.45, 7) is 3.51. The van der Waals surface area contributed by atoms with Gasteiger partial charge in [0.1, 0.15) is 0 Å². The second-order valence-corrected chi connectivity index (χ2v) is 11.3. The molecule has 0 fully saturated rings. The van der Waals surface area contributed by atoms with E-state index in [0.29, 0.717) is 17.2 Å². The fourth-order valence-electron chi connectivity index (χ4n) is 2.27. The molecular weight excluding hydrogens is 398 g/mol. The molecule has 2 aromatic carbocycles. The second-order valence-electron chi connectivity index (χ2n) is 6.52. The third kappa shape index (κ3) is 5.35. The van der Waals surface area contributed by atoms with Crippen molar-refractivity contribution < 1.29 is 27.5 Å². The maximum Gasteiger partial charge on any atom is 0.362 e. The molecule has 152 valence electrons. The van der Waals surface area contributed by atoms with Crippen molar-refractivity contribution in [1.82, 2.24) is 0 Å². The topological polar surface area (TPSA) is 105 Å². The summed E-state index contributed by atoms with van der Waals surface area (Å²) in [6, 6.07) is 10.9. The SMILES string of the molecule is COc1ccc(S(=O)(=O)Nc2ccc(/C=C/[Si](O)(O)C(C)C)cc2)cc1OC. The Kier molecular flexibility index (Phi) is 6.89. The van der Waals surface area contributed by atoms with Crippen LogP contribution >= 0.6 is 0 Å². The highest BCUT2D eigenvalue weighted by atomic mass is 32.2. The summed E-state index contributed by atoms with van der Waals surface area (Å²) >= 11 is 0. The van der Waals surface area contributed by atoms with Crippen LogP contribution < -0.4 is 14.2 Å². The van der Waals surface area contributed by atoms with Gasteiger partial charge < -0.3 is 19.1 Å². The Morgan fingerprint density at radius 1 is 1.00 bits per heavy atom. The Hall–Kier alpha value is -2.33. The maximum atomic E-state index is 12.6. The van der Waals surface area contributed by atoms with Crippen molar-refractivity contribution in [2.24, 2.45) is 0 Å². The molecule has 28 heavy (non-hydrogen) atoms. The lowest BCUT2D eigenvalue weighted by Crippen LogP contribution is -2.35. The van der Waals surface area contributed by atoms with Crippen LogP contribution in [0.15, 0.2) is 53.1 Å².